The third-order valence-corrected chi connectivity index (χ3v) is 5.73. The topological polar surface area (TPSA) is 58.6 Å². The molecule has 0 radical (unpaired) electrons. The molecule has 0 bridgehead atoms. The molecule has 0 aliphatic carbocycles. The van der Waals surface area contributed by atoms with Gasteiger partial charge < -0.3 is 15.0 Å². The molecule has 1 aliphatic heterocycles. The van der Waals surface area contributed by atoms with Crippen molar-refractivity contribution >= 4 is 23.4 Å². The van der Waals surface area contributed by atoms with E-state index in [4.69, 9.17) is 16.3 Å². The van der Waals surface area contributed by atoms with Gasteiger partial charge in [-0.25, -0.2) is 0 Å². The lowest BCUT2D eigenvalue weighted by atomic mass is 9.92. The summed E-state index contributed by atoms with van der Waals surface area (Å²) in [4.78, 5) is 27.0. The molecule has 1 heterocycles. The first-order valence-electron chi connectivity index (χ1n) is 10.0. The van der Waals surface area contributed by atoms with Gasteiger partial charge in [0.2, 0.25) is 5.91 Å². The van der Waals surface area contributed by atoms with Crippen molar-refractivity contribution in [2.75, 3.05) is 20.2 Å². The van der Waals surface area contributed by atoms with Crippen LogP contribution >= 0.6 is 11.6 Å². The smallest absolute Gasteiger partial charge is 0.257 e. The van der Waals surface area contributed by atoms with Crippen molar-refractivity contribution in [3.05, 3.63) is 64.7 Å². The monoisotopic (exact) mass is 414 g/mol. The lowest BCUT2D eigenvalue weighted by Crippen LogP contribution is -2.40. The number of benzene rings is 2. The number of rotatable bonds is 7. The lowest BCUT2D eigenvalue weighted by molar-refractivity contribution is -0.121. The quantitative estimate of drug-likeness (QED) is 0.734. The van der Waals surface area contributed by atoms with Gasteiger partial charge in [0.05, 0.1) is 12.7 Å². The summed E-state index contributed by atoms with van der Waals surface area (Å²) in [7, 11) is 1.58. The van der Waals surface area contributed by atoms with Gasteiger partial charge in [0.25, 0.3) is 5.91 Å². The molecule has 154 valence electrons. The maximum atomic E-state index is 12.9. The van der Waals surface area contributed by atoms with Crippen LogP contribution in [0, 0.1) is 5.92 Å². The minimum absolute atomic E-state index is 0.00433. The predicted molar refractivity (Wildman–Crippen MR) is 114 cm³/mol. The standard InChI is InChI=1S/C23H27ClN2O3/c1-29-21-11-5-3-9-19(21)23(28)26-14-6-7-17(16-26)12-13-22(27)25-15-18-8-2-4-10-20(18)24/h2-5,8-11,17H,6-7,12-16H2,1H3,(H,25,27)/t17-/m0/s1. The van der Waals surface area contributed by atoms with E-state index in [0.29, 0.717) is 41.8 Å². The second kappa shape index (κ2) is 10.3. The Labute approximate surface area is 177 Å². The summed E-state index contributed by atoms with van der Waals surface area (Å²) in [6.45, 7) is 1.85. The Hall–Kier alpha value is -2.53. The van der Waals surface area contributed by atoms with Gasteiger partial charge in [-0.05, 0) is 48.9 Å². The predicted octanol–water partition coefficient (Wildman–Crippen LogP) is 4.30. The Morgan fingerprint density at radius 1 is 1.17 bits per heavy atom. The molecule has 3 rings (SSSR count). The van der Waals surface area contributed by atoms with Crippen LogP contribution in [0.4, 0.5) is 0 Å². The molecule has 0 unspecified atom stereocenters. The van der Waals surface area contributed by atoms with E-state index in [-0.39, 0.29) is 11.8 Å². The Balaban J connectivity index is 1.49. The van der Waals surface area contributed by atoms with E-state index in [2.05, 4.69) is 5.32 Å². The van der Waals surface area contributed by atoms with E-state index in [1.165, 1.54) is 0 Å². The van der Waals surface area contributed by atoms with Crippen LogP contribution in [0.5, 0.6) is 5.75 Å². The molecule has 0 spiro atoms. The highest BCUT2D eigenvalue weighted by Gasteiger charge is 2.26. The zero-order valence-electron chi connectivity index (χ0n) is 16.7. The van der Waals surface area contributed by atoms with Crippen molar-refractivity contribution in [3.63, 3.8) is 0 Å². The van der Waals surface area contributed by atoms with E-state index < -0.39 is 0 Å². The molecule has 1 fully saturated rings. The van der Waals surface area contributed by atoms with Crippen LogP contribution in [0.3, 0.4) is 0 Å². The van der Waals surface area contributed by atoms with Crippen molar-refractivity contribution < 1.29 is 14.3 Å². The summed E-state index contributed by atoms with van der Waals surface area (Å²) < 4.78 is 5.33. The Bertz CT molecular complexity index is 856. The number of halogens is 1. The van der Waals surface area contributed by atoms with E-state index in [1.54, 1.807) is 19.2 Å². The number of carbonyl (C=O) groups is 2. The summed E-state index contributed by atoms with van der Waals surface area (Å²) in [5.74, 6) is 0.931. The van der Waals surface area contributed by atoms with Crippen LogP contribution in [-0.2, 0) is 11.3 Å². The first-order valence-corrected chi connectivity index (χ1v) is 10.4. The molecule has 2 aromatic rings. The molecule has 1 N–H and O–H groups in total. The molecule has 1 atom stereocenters. The zero-order chi connectivity index (χ0) is 20.6. The second-order valence-electron chi connectivity index (χ2n) is 7.37. The third-order valence-electron chi connectivity index (χ3n) is 5.36. The van der Waals surface area contributed by atoms with E-state index in [1.807, 2.05) is 41.3 Å². The second-order valence-corrected chi connectivity index (χ2v) is 7.77. The normalized spacial score (nSPS) is 16.3. The number of likely N-dealkylation sites (tertiary alicyclic amines) is 1. The Kier molecular flexibility index (Phi) is 7.53. The molecule has 0 aromatic heterocycles. The van der Waals surface area contributed by atoms with Crippen molar-refractivity contribution in [1.82, 2.24) is 10.2 Å². The lowest BCUT2D eigenvalue weighted by Gasteiger charge is -2.33. The Morgan fingerprint density at radius 2 is 1.93 bits per heavy atom. The van der Waals surface area contributed by atoms with Gasteiger partial charge in [0, 0.05) is 31.1 Å². The van der Waals surface area contributed by atoms with Crippen molar-refractivity contribution in [3.8, 4) is 5.75 Å². The van der Waals surface area contributed by atoms with Gasteiger partial charge in [-0.2, -0.15) is 0 Å². The molecular formula is C23H27ClN2O3. The van der Waals surface area contributed by atoms with Crippen LogP contribution in [-0.4, -0.2) is 36.9 Å². The number of ether oxygens (including phenoxy) is 1. The summed E-state index contributed by atoms with van der Waals surface area (Å²) >= 11 is 6.13. The average molecular weight is 415 g/mol. The molecule has 2 amide bonds. The average Bonchev–Trinajstić information content (AvgIpc) is 2.76. The first-order chi connectivity index (χ1) is 14.1. The number of para-hydroxylation sites is 1. The van der Waals surface area contributed by atoms with Gasteiger partial charge >= 0.3 is 0 Å². The van der Waals surface area contributed by atoms with Crippen LogP contribution in [0.15, 0.2) is 48.5 Å². The largest absolute Gasteiger partial charge is 0.496 e. The highest BCUT2D eigenvalue weighted by Crippen LogP contribution is 2.25. The minimum atomic E-state index is -0.00433. The van der Waals surface area contributed by atoms with Gasteiger partial charge in [0.15, 0.2) is 0 Å². The highest BCUT2D eigenvalue weighted by molar-refractivity contribution is 6.31. The van der Waals surface area contributed by atoms with Crippen molar-refractivity contribution in [2.24, 2.45) is 5.92 Å². The van der Waals surface area contributed by atoms with E-state index >= 15 is 0 Å². The number of amides is 2. The molecular weight excluding hydrogens is 388 g/mol. The maximum absolute atomic E-state index is 12.9. The number of piperidine rings is 1. The summed E-state index contributed by atoms with van der Waals surface area (Å²) in [5, 5.41) is 3.59. The van der Waals surface area contributed by atoms with Crippen molar-refractivity contribution in [2.45, 2.75) is 32.2 Å². The van der Waals surface area contributed by atoms with Crippen LogP contribution in [0.2, 0.25) is 5.02 Å². The molecule has 6 heteroatoms. The fourth-order valence-corrected chi connectivity index (χ4v) is 3.94. The van der Waals surface area contributed by atoms with Gasteiger partial charge in [-0.15, -0.1) is 0 Å². The highest BCUT2D eigenvalue weighted by atomic mass is 35.5. The molecule has 5 nitrogen and oxygen atoms in total. The minimum Gasteiger partial charge on any atom is -0.496 e. The van der Waals surface area contributed by atoms with E-state index in [9.17, 15) is 9.59 Å². The summed E-state index contributed by atoms with van der Waals surface area (Å²) in [5.41, 5.74) is 1.50. The van der Waals surface area contributed by atoms with Crippen LogP contribution < -0.4 is 10.1 Å². The molecule has 29 heavy (non-hydrogen) atoms. The number of nitrogens with zero attached hydrogens (tertiary/aromatic N) is 1. The first kappa shape index (κ1) is 21.2. The Morgan fingerprint density at radius 3 is 2.72 bits per heavy atom. The number of hydrogen-bond acceptors (Lipinski definition) is 3. The van der Waals surface area contributed by atoms with Gasteiger partial charge in [0.1, 0.15) is 5.75 Å². The molecule has 1 aliphatic rings. The number of methoxy groups -OCH3 is 1. The summed E-state index contributed by atoms with van der Waals surface area (Å²) in [6.07, 6.45) is 3.20. The van der Waals surface area contributed by atoms with Crippen LogP contribution in [0.1, 0.15) is 41.6 Å². The summed E-state index contributed by atoms with van der Waals surface area (Å²) in [6, 6.07) is 14.8. The fourth-order valence-electron chi connectivity index (χ4n) is 3.74. The number of hydrogen-bond donors (Lipinski definition) is 1. The zero-order valence-corrected chi connectivity index (χ0v) is 17.5. The SMILES string of the molecule is COc1ccccc1C(=O)N1CCC[C@@H](CCC(=O)NCc2ccccc2Cl)C1. The molecule has 2 aromatic carbocycles. The fraction of sp³-hybridized carbons (Fsp3) is 0.391. The molecule has 0 saturated carbocycles. The maximum Gasteiger partial charge on any atom is 0.257 e. The number of carbonyl (C=O) groups excluding carboxylic acids is 2. The van der Waals surface area contributed by atoms with Gasteiger partial charge in [-0.3, -0.25) is 9.59 Å². The number of nitrogens with one attached hydrogen (secondary N) is 1. The van der Waals surface area contributed by atoms with Crippen molar-refractivity contribution in [1.29, 1.82) is 0 Å². The van der Waals surface area contributed by atoms with E-state index in [0.717, 1.165) is 31.4 Å². The van der Waals surface area contributed by atoms with Gasteiger partial charge in [-0.1, -0.05) is 41.9 Å². The third kappa shape index (κ3) is 5.73. The molecule has 1 saturated heterocycles. The van der Waals surface area contributed by atoms with Crippen LogP contribution in [0.25, 0.3) is 0 Å².